The van der Waals surface area contributed by atoms with Gasteiger partial charge in [0.2, 0.25) is 0 Å². The fraction of sp³-hybridized carbons (Fsp3) is 0.0667. The molecule has 0 saturated carbocycles. The highest BCUT2D eigenvalue weighted by molar-refractivity contribution is 7.22. The summed E-state index contributed by atoms with van der Waals surface area (Å²) in [5.74, 6) is -1.25. The summed E-state index contributed by atoms with van der Waals surface area (Å²) in [5, 5.41) is 24.7. The quantitative estimate of drug-likeness (QED) is 0.544. The van der Waals surface area contributed by atoms with Crippen LogP contribution in [0.4, 0.5) is 20.9 Å². The van der Waals surface area contributed by atoms with Gasteiger partial charge in [-0.15, -0.1) is 0 Å². The highest BCUT2D eigenvalue weighted by atomic mass is 32.1. The number of carbonyl (C=O) groups is 1. The number of benzene rings is 2. The van der Waals surface area contributed by atoms with E-state index < -0.39 is 32.9 Å². The number of nitrogens with zero attached hydrogens (tertiary/aromatic N) is 3. The number of rotatable bonds is 4. The summed E-state index contributed by atoms with van der Waals surface area (Å²) >= 11 is 1.01. The third-order valence-electron chi connectivity index (χ3n) is 3.58. The molecule has 132 valence electrons. The SMILES string of the molecule is Cc1c([N+](=O)[O-])cc(C(=O)Nc2nc3ccc(F)cc3s2)cc1[N+](=O)[O-]. The Labute approximate surface area is 148 Å². The van der Waals surface area contributed by atoms with Crippen LogP contribution < -0.4 is 5.32 Å². The average molecular weight is 376 g/mol. The number of thiazole rings is 1. The minimum Gasteiger partial charge on any atom is -0.298 e. The standard InChI is InChI=1S/C15H9FN4O5S/c1-7-11(19(22)23)4-8(5-12(7)20(24)25)14(21)18-15-17-10-3-2-9(16)6-13(10)26-15/h2-6H,1H3,(H,17,18,21). The van der Waals surface area contributed by atoms with E-state index in [0.717, 1.165) is 23.5 Å². The molecular weight excluding hydrogens is 367 g/mol. The topological polar surface area (TPSA) is 128 Å². The first-order valence-electron chi connectivity index (χ1n) is 7.07. The van der Waals surface area contributed by atoms with Gasteiger partial charge in [-0.25, -0.2) is 9.37 Å². The van der Waals surface area contributed by atoms with Crippen LogP contribution in [0.1, 0.15) is 15.9 Å². The van der Waals surface area contributed by atoms with Gasteiger partial charge in [-0.1, -0.05) is 11.3 Å². The Hall–Kier alpha value is -3.47. The molecule has 0 fully saturated rings. The number of amides is 1. The molecule has 0 atom stereocenters. The molecule has 26 heavy (non-hydrogen) atoms. The normalized spacial score (nSPS) is 10.7. The molecule has 1 amide bonds. The summed E-state index contributed by atoms with van der Waals surface area (Å²) in [6.07, 6.45) is 0. The van der Waals surface area contributed by atoms with Crippen LogP contribution in [0.5, 0.6) is 0 Å². The number of hydrogen-bond acceptors (Lipinski definition) is 7. The van der Waals surface area contributed by atoms with Crippen molar-refractivity contribution >= 4 is 44.0 Å². The van der Waals surface area contributed by atoms with Crippen LogP contribution in [-0.2, 0) is 0 Å². The Bertz CT molecular complexity index is 1050. The summed E-state index contributed by atoms with van der Waals surface area (Å²) in [4.78, 5) is 37.0. The molecule has 1 heterocycles. The number of anilines is 1. The molecule has 1 N–H and O–H groups in total. The summed E-state index contributed by atoms with van der Waals surface area (Å²) in [7, 11) is 0. The van der Waals surface area contributed by atoms with Gasteiger partial charge in [-0.3, -0.25) is 30.3 Å². The number of nitrogens with one attached hydrogen (secondary N) is 1. The van der Waals surface area contributed by atoms with Gasteiger partial charge in [-0.2, -0.15) is 0 Å². The van der Waals surface area contributed by atoms with E-state index in [1.54, 1.807) is 0 Å². The molecule has 0 aliphatic carbocycles. The molecule has 2 aromatic carbocycles. The molecule has 0 bridgehead atoms. The van der Waals surface area contributed by atoms with Gasteiger partial charge in [0.25, 0.3) is 17.3 Å². The highest BCUT2D eigenvalue weighted by Gasteiger charge is 2.25. The van der Waals surface area contributed by atoms with Crippen LogP contribution in [0.25, 0.3) is 10.2 Å². The van der Waals surface area contributed by atoms with Crippen molar-refractivity contribution < 1.29 is 19.0 Å². The Balaban J connectivity index is 1.98. The lowest BCUT2D eigenvalue weighted by Gasteiger charge is -2.04. The van der Waals surface area contributed by atoms with Crippen LogP contribution in [0.15, 0.2) is 30.3 Å². The smallest absolute Gasteiger partial charge is 0.279 e. The predicted molar refractivity (Wildman–Crippen MR) is 92.0 cm³/mol. The molecule has 9 nitrogen and oxygen atoms in total. The average Bonchev–Trinajstić information content (AvgIpc) is 2.95. The van der Waals surface area contributed by atoms with Crippen LogP contribution in [0.3, 0.4) is 0 Å². The number of aromatic nitrogens is 1. The fourth-order valence-corrected chi connectivity index (χ4v) is 3.20. The number of nitro benzene ring substituents is 2. The lowest BCUT2D eigenvalue weighted by atomic mass is 10.1. The van der Waals surface area contributed by atoms with E-state index in [4.69, 9.17) is 0 Å². The first kappa shape index (κ1) is 17.4. The van der Waals surface area contributed by atoms with Crippen molar-refractivity contribution in [3.8, 4) is 0 Å². The zero-order valence-corrected chi connectivity index (χ0v) is 13.9. The lowest BCUT2D eigenvalue weighted by molar-refractivity contribution is -0.395. The maximum Gasteiger partial charge on any atom is 0.279 e. The van der Waals surface area contributed by atoms with Crippen molar-refractivity contribution in [3.05, 3.63) is 67.5 Å². The van der Waals surface area contributed by atoms with E-state index in [0.29, 0.717) is 10.2 Å². The second kappa shape index (κ2) is 6.44. The number of carbonyl (C=O) groups excluding carboxylic acids is 1. The van der Waals surface area contributed by atoms with E-state index >= 15 is 0 Å². The molecule has 0 aliphatic heterocycles. The van der Waals surface area contributed by atoms with Crippen molar-refractivity contribution in [2.24, 2.45) is 0 Å². The maximum absolute atomic E-state index is 13.2. The molecule has 0 saturated heterocycles. The van der Waals surface area contributed by atoms with Crippen LogP contribution >= 0.6 is 11.3 Å². The molecule has 0 unspecified atom stereocenters. The second-order valence-corrected chi connectivity index (χ2v) is 6.27. The lowest BCUT2D eigenvalue weighted by Crippen LogP contribution is -2.13. The fourth-order valence-electron chi connectivity index (χ4n) is 2.32. The van der Waals surface area contributed by atoms with Gasteiger partial charge in [0.05, 0.1) is 25.6 Å². The maximum atomic E-state index is 13.2. The van der Waals surface area contributed by atoms with Crippen LogP contribution in [0, 0.1) is 33.0 Å². The van der Waals surface area contributed by atoms with E-state index in [1.165, 1.54) is 25.1 Å². The summed E-state index contributed by atoms with van der Waals surface area (Å²) in [6.45, 7) is 1.24. The van der Waals surface area contributed by atoms with E-state index in [-0.39, 0.29) is 16.3 Å². The summed E-state index contributed by atoms with van der Waals surface area (Å²) in [6, 6.07) is 5.85. The minimum absolute atomic E-state index is 0.140. The zero-order valence-electron chi connectivity index (χ0n) is 13.1. The van der Waals surface area contributed by atoms with Gasteiger partial charge in [0, 0.05) is 12.1 Å². The first-order chi connectivity index (χ1) is 12.3. The summed E-state index contributed by atoms with van der Waals surface area (Å²) in [5.41, 5.74) is -0.995. The molecule has 1 aromatic heterocycles. The number of fused-ring (bicyclic) bond motifs is 1. The molecular formula is C15H9FN4O5S. The van der Waals surface area contributed by atoms with Crippen molar-refractivity contribution in [3.63, 3.8) is 0 Å². The van der Waals surface area contributed by atoms with Crippen molar-refractivity contribution in [2.45, 2.75) is 6.92 Å². The Morgan fingerprint density at radius 3 is 2.35 bits per heavy atom. The van der Waals surface area contributed by atoms with Crippen molar-refractivity contribution in [1.29, 1.82) is 0 Å². The molecule has 0 aliphatic rings. The second-order valence-electron chi connectivity index (χ2n) is 5.24. The number of nitro groups is 2. The van der Waals surface area contributed by atoms with Crippen LogP contribution in [-0.4, -0.2) is 20.7 Å². The van der Waals surface area contributed by atoms with E-state index in [9.17, 15) is 29.4 Å². The van der Waals surface area contributed by atoms with Crippen LogP contribution in [0.2, 0.25) is 0 Å². The molecule has 0 spiro atoms. The van der Waals surface area contributed by atoms with Gasteiger partial charge in [-0.05, 0) is 25.1 Å². The monoisotopic (exact) mass is 376 g/mol. The van der Waals surface area contributed by atoms with E-state index in [1.807, 2.05) is 0 Å². The zero-order chi connectivity index (χ0) is 19.0. The Morgan fingerprint density at radius 2 is 1.77 bits per heavy atom. The first-order valence-corrected chi connectivity index (χ1v) is 7.89. The molecule has 0 radical (unpaired) electrons. The van der Waals surface area contributed by atoms with Gasteiger partial charge in [0.1, 0.15) is 11.4 Å². The molecule has 3 aromatic rings. The van der Waals surface area contributed by atoms with Crippen molar-refractivity contribution in [2.75, 3.05) is 5.32 Å². The summed E-state index contributed by atoms with van der Waals surface area (Å²) < 4.78 is 13.7. The third-order valence-corrected chi connectivity index (χ3v) is 4.51. The number of halogens is 1. The van der Waals surface area contributed by atoms with Gasteiger partial charge >= 0.3 is 0 Å². The van der Waals surface area contributed by atoms with Gasteiger partial charge < -0.3 is 0 Å². The Kier molecular flexibility index (Phi) is 4.30. The number of hydrogen-bond donors (Lipinski definition) is 1. The molecule has 3 rings (SSSR count). The molecule has 11 heteroatoms. The minimum atomic E-state index is -0.796. The predicted octanol–water partition coefficient (Wildman–Crippen LogP) is 3.81. The van der Waals surface area contributed by atoms with Crippen molar-refractivity contribution in [1.82, 2.24) is 4.98 Å². The third kappa shape index (κ3) is 3.19. The van der Waals surface area contributed by atoms with E-state index in [2.05, 4.69) is 10.3 Å². The van der Waals surface area contributed by atoms with Gasteiger partial charge in [0.15, 0.2) is 5.13 Å². The highest BCUT2D eigenvalue weighted by Crippen LogP contribution is 2.31. The largest absolute Gasteiger partial charge is 0.298 e. The Morgan fingerprint density at radius 1 is 1.15 bits per heavy atom.